The molecular formula is C22H21N3O5S. The van der Waals surface area contributed by atoms with Crippen LogP contribution in [-0.2, 0) is 19.6 Å². The molecule has 31 heavy (non-hydrogen) atoms. The van der Waals surface area contributed by atoms with Crippen LogP contribution < -0.4 is 9.62 Å². The molecule has 0 spiro atoms. The average Bonchev–Trinajstić information content (AvgIpc) is 2.78. The number of sulfonamides is 1. The Balaban J connectivity index is 1.85. The first kappa shape index (κ1) is 22.0. The Labute approximate surface area is 180 Å². The number of nitrogens with one attached hydrogen (secondary N) is 1. The lowest BCUT2D eigenvalue weighted by molar-refractivity contribution is -0.114. The predicted octanol–water partition coefficient (Wildman–Crippen LogP) is 3.01. The van der Waals surface area contributed by atoms with Crippen molar-refractivity contribution in [3.05, 3.63) is 84.2 Å². The summed E-state index contributed by atoms with van der Waals surface area (Å²) in [6.45, 7) is 1.44. The van der Waals surface area contributed by atoms with Crippen LogP contribution in [0.2, 0.25) is 0 Å². The maximum Gasteiger partial charge on any atom is 0.337 e. The van der Waals surface area contributed by atoms with Crippen molar-refractivity contribution in [2.45, 2.75) is 11.8 Å². The van der Waals surface area contributed by atoms with Gasteiger partial charge in [0.05, 0.1) is 18.4 Å². The highest BCUT2D eigenvalue weighted by Crippen LogP contribution is 2.24. The van der Waals surface area contributed by atoms with Crippen molar-refractivity contribution >= 4 is 33.3 Å². The molecule has 8 nitrogen and oxygen atoms in total. The van der Waals surface area contributed by atoms with Gasteiger partial charge in [0.2, 0.25) is 5.91 Å². The van der Waals surface area contributed by atoms with Crippen molar-refractivity contribution in [3.63, 3.8) is 0 Å². The first-order valence-corrected chi connectivity index (χ1v) is 10.7. The van der Waals surface area contributed by atoms with Crippen LogP contribution in [0, 0.1) is 6.92 Å². The smallest absolute Gasteiger partial charge is 0.337 e. The molecule has 9 heteroatoms. The molecule has 3 aromatic rings. The van der Waals surface area contributed by atoms with E-state index in [-0.39, 0.29) is 4.90 Å². The molecule has 0 fully saturated rings. The molecule has 0 radical (unpaired) electrons. The summed E-state index contributed by atoms with van der Waals surface area (Å²) in [6.07, 6.45) is 2.71. The van der Waals surface area contributed by atoms with E-state index in [1.165, 1.54) is 55.9 Å². The molecule has 3 rings (SSSR count). The maximum absolute atomic E-state index is 13.2. The van der Waals surface area contributed by atoms with Crippen LogP contribution in [0.15, 0.2) is 78.0 Å². The standard InChI is InChI=1S/C22H21N3O5S/c1-16-5-11-19(12-6-16)25(31(28,29)20-4-3-13-23-14-20)15-21(26)24-18-9-7-17(8-10-18)22(27)30-2/h3-14H,15H2,1-2H3,(H,24,26). The average molecular weight is 439 g/mol. The third kappa shape index (κ3) is 5.26. The summed E-state index contributed by atoms with van der Waals surface area (Å²) in [5.74, 6) is -1.04. The zero-order valence-electron chi connectivity index (χ0n) is 17.0. The van der Waals surface area contributed by atoms with Crippen molar-refractivity contribution in [1.82, 2.24) is 4.98 Å². The summed E-state index contributed by atoms with van der Waals surface area (Å²) in [4.78, 5) is 28.1. The number of anilines is 2. The molecule has 0 aliphatic heterocycles. The number of rotatable bonds is 7. The molecule has 0 saturated carbocycles. The van der Waals surface area contributed by atoms with E-state index >= 15 is 0 Å². The number of nitrogens with zero attached hydrogens (tertiary/aromatic N) is 2. The SMILES string of the molecule is COC(=O)c1ccc(NC(=O)CN(c2ccc(C)cc2)S(=O)(=O)c2cccnc2)cc1. The minimum Gasteiger partial charge on any atom is -0.465 e. The van der Waals surface area contributed by atoms with Crippen LogP contribution in [-0.4, -0.2) is 38.9 Å². The van der Waals surface area contributed by atoms with Gasteiger partial charge in [-0.1, -0.05) is 17.7 Å². The van der Waals surface area contributed by atoms with Gasteiger partial charge in [-0.3, -0.25) is 14.1 Å². The van der Waals surface area contributed by atoms with Crippen molar-refractivity contribution in [2.24, 2.45) is 0 Å². The molecule has 0 aliphatic carbocycles. The molecule has 0 bridgehead atoms. The molecule has 2 aromatic carbocycles. The summed E-state index contributed by atoms with van der Waals surface area (Å²) < 4.78 is 32.1. The van der Waals surface area contributed by atoms with Crippen LogP contribution in [0.5, 0.6) is 0 Å². The van der Waals surface area contributed by atoms with E-state index in [0.717, 1.165) is 9.87 Å². The highest BCUT2D eigenvalue weighted by Gasteiger charge is 2.27. The van der Waals surface area contributed by atoms with Gasteiger partial charge in [0, 0.05) is 18.1 Å². The topological polar surface area (TPSA) is 106 Å². The second-order valence-corrected chi connectivity index (χ2v) is 8.52. The fourth-order valence-electron chi connectivity index (χ4n) is 2.79. The Kier molecular flexibility index (Phi) is 6.66. The highest BCUT2D eigenvalue weighted by molar-refractivity contribution is 7.92. The summed E-state index contributed by atoms with van der Waals surface area (Å²) in [6, 6.07) is 15.8. The Morgan fingerprint density at radius 3 is 2.29 bits per heavy atom. The molecule has 1 heterocycles. The quantitative estimate of drug-likeness (QED) is 0.568. The van der Waals surface area contributed by atoms with Crippen LogP contribution in [0.25, 0.3) is 0 Å². The highest BCUT2D eigenvalue weighted by atomic mass is 32.2. The summed E-state index contributed by atoms with van der Waals surface area (Å²) >= 11 is 0. The largest absolute Gasteiger partial charge is 0.465 e. The minimum absolute atomic E-state index is 0.0224. The second kappa shape index (κ2) is 9.40. The van der Waals surface area contributed by atoms with Gasteiger partial charge >= 0.3 is 5.97 Å². The Morgan fingerprint density at radius 1 is 1.03 bits per heavy atom. The molecule has 160 valence electrons. The maximum atomic E-state index is 13.2. The fourth-order valence-corrected chi connectivity index (χ4v) is 4.18. The fraction of sp³-hybridized carbons (Fsp3) is 0.136. The number of aryl methyl sites for hydroxylation is 1. The lowest BCUT2D eigenvalue weighted by Crippen LogP contribution is -2.38. The number of aromatic nitrogens is 1. The van der Waals surface area contributed by atoms with Crippen molar-refractivity contribution in [2.75, 3.05) is 23.3 Å². The van der Waals surface area contributed by atoms with Crippen LogP contribution in [0.1, 0.15) is 15.9 Å². The number of methoxy groups -OCH3 is 1. The number of amides is 1. The number of ether oxygens (including phenoxy) is 1. The van der Waals surface area contributed by atoms with Crippen molar-refractivity contribution in [1.29, 1.82) is 0 Å². The molecule has 0 atom stereocenters. The molecule has 0 saturated heterocycles. The molecular weight excluding hydrogens is 418 g/mol. The van der Waals surface area contributed by atoms with E-state index in [1.54, 1.807) is 24.3 Å². The van der Waals surface area contributed by atoms with Gasteiger partial charge < -0.3 is 10.1 Å². The number of benzene rings is 2. The van der Waals surface area contributed by atoms with Gasteiger partial charge in [0.1, 0.15) is 11.4 Å². The molecule has 1 aromatic heterocycles. The number of hydrogen-bond acceptors (Lipinski definition) is 6. The molecule has 1 N–H and O–H groups in total. The van der Waals surface area contributed by atoms with Crippen molar-refractivity contribution < 1.29 is 22.7 Å². The van der Waals surface area contributed by atoms with Gasteiger partial charge in [0.15, 0.2) is 0 Å². The number of carbonyl (C=O) groups is 2. The van der Waals surface area contributed by atoms with E-state index < -0.39 is 28.4 Å². The van der Waals surface area contributed by atoms with Crippen LogP contribution >= 0.6 is 0 Å². The third-order valence-corrected chi connectivity index (χ3v) is 6.18. The monoisotopic (exact) mass is 439 g/mol. The Morgan fingerprint density at radius 2 is 1.71 bits per heavy atom. The van der Waals surface area contributed by atoms with Gasteiger partial charge in [-0.05, 0) is 55.5 Å². The Bertz CT molecular complexity index is 1160. The molecule has 1 amide bonds. The number of pyridine rings is 1. The molecule has 0 unspecified atom stereocenters. The van der Waals surface area contributed by atoms with E-state index in [9.17, 15) is 18.0 Å². The second-order valence-electron chi connectivity index (χ2n) is 6.65. The lowest BCUT2D eigenvalue weighted by Gasteiger charge is -2.24. The van der Waals surface area contributed by atoms with E-state index in [4.69, 9.17) is 0 Å². The van der Waals surface area contributed by atoms with Gasteiger partial charge in [-0.2, -0.15) is 0 Å². The summed E-state index contributed by atoms with van der Waals surface area (Å²) in [5.41, 5.74) is 2.06. The third-order valence-electron chi connectivity index (χ3n) is 4.42. The van der Waals surface area contributed by atoms with Crippen LogP contribution in [0.3, 0.4) is 0 Å². The zero-order chi connectivity index (χ0) is 22.4. The number of hydrogen-bond donors (Lipinski definition) is 1. The normalized spacial score (nSPS) is 10.9. The van der Waals surface area contributed by atoms with Crippen molar-refractivity contribution in [3.8, 4) is 0 Å². The van der Waals surface area contributed by atoms with Gasteiger partial charge in [0.25, 0.3) is 10.0 Å². The van der Waals surface area contributed by atoms with E-state index in [0.29, 0.717) is 16.9 Å². The predicted molar refractivity (Wildman–Crippen MR) is 116 cm³/mol. The summed E-state index contributed by atoms with van der Waals surface area (Å²) in [7, 11) is -2.75. The first-order valence-electron chi connectivity index (χ1n) is 9.29. The number of carbonyl (C=O) groups excluding carboxylic acids is 2. The van der Waals surface area contributed by atoms with Gasteiger partial charge in [-0.15, -0.1) is 0 Å². The molecule has 0 aliphatic rings. The minimum atomic E-state index is -4.03. The summed E-state index contributed by atoms with van der Waals surface area (Å²) in [5, 5.41) is 2.65. The number of esters is 1. The van der Waals surface area contributed by atoms with Crippen LogP contribution in [0.4, 0.5) is 11.4 Å². The first-order chi connectivity index (χ1) is 14.8. The zero-order valence-corrected chi connectivity index (χ0v) is 17.8. The van der Waals surface area contributed by atoms with E-state index in [2.05, 4.69) is 15.0 Å². The Hall–Kier alpha value is -3.72. The lowest BCUT2D eigenvalue weighted by atomic mass is 10.2. The van der Waals surface area contributed by atoms with E-state index in [1.807, 2.05) is 6.92 Å². The van der Waals surface area contributed by atoms with Gasteiger partial charge in [-0.25, -0.2) is 13.2 Å².